The summed E-state index contributed by atoms with van der Waals surface area (Å²) in [4.78, 5) is 15.0. The zero-order chi connectivity index (χ0) is 28.6. The smallest absolute Gasteiger partial charge is 0.410 e. The van der Waals surface area contributed by atoms with Crippen LogP contribution in [0.15, 0.2) is 66.7 Å². The molecule has 212 valence electrons. The van der Waals surface area contributed by atoms with Crippen LogP contribution in [0.1, 0.15) is 37.8 Å². The van der Waals surface area contributed by atoms with Gasteiger partial charge in [0.1, 0.15) is 24.1 Å². The molecule has 3 aromatic rings. The Balaban J connectivity index is 1.48. The maximum atomic E-state index is 15.9. The first-order valence-corrected chi connectivity index (χ1v) is 14.8. The number of benzene rings is 3. The molecule has 3 aromatic carbocycles. The molecule has 1 amide bonds. The summed E-state index contributed by atoms with van der Waals surface area (Å²) in [7, 11) is -3.71. The number of carbonyl (C=O) groups is 1. The summed E-state index contributed by atoms with van der Waals surface area (Å²) in [6.07, 6.45) is 0.577. The van der Waals surface area contributed by atoms with Crippen molar-refractivity contribution >= 4 is 16.1 Å². The molecule has 0 bridgehead atoms. The number of halogens is 3. The van der Waals surface area contributed by atoms with E-state index in [0.29, 0.717) is 18.9 Å². The first kappa shape index (κ1) is 28.2. The normalized spacial score (nSPS) is 22.2. The van der Waals surface area contributed by atoms with Gasteiger partial charge in [0.2, 0.25) is 10.0 Å². The molecule has 0 radical (unpaired) electrons. The Morgan fingerprint density at radius 2 is 1.70 bits per heavy atom. The number of amides is 1. The molecule has 1 aliphatic heterocycles. The topological polar surface area (TPSA) is 75.7 Å². The highest BCUT2D eigenvalue weighted by molar-refractivity contribution is 7.90. The largest absolute Gasteiger partial charge is 0.445 e. The van der Waals surface area contributed by atoms with Crippen LogP contribution in [0.4, 0.5) is 18.0 Å². The number of nitrogens with one attached hydrogen (secondary N) is 1. The number of nitrogens with zero attached hydrogens (tertiary/aromatic N) is 1. The summed E-state index contributed by atoms with van der Waals surface area (Å²) in [5.41, 5.74) is 1.04. The second kappa shape index (κ2) is 11.2. The zero-order valence-corrected chi connectivity index (χ0v) is 23.0. The Morgan fingerprint density at radius 1 is 1.00 bits per heavy atom. The van der Waals surface area contributed by atoms with Crippen molar-refractivity contribution in [3.05, 3.63) is 95.3 Å². The van der Waals surface area contributed by atoms with E-state index in [1.165, 1.54) is 12.1 Å². The lowest BCUT2D eigenvalue weighted by Gasteiger charge is -2.41. The van der Waals surface area contributed by atoms with Crippen molar-refractivity contribution in [1.29, 1.82) is 0 Å². The van der Waals surface area contributed by atoms with Gasteiger partial charge in [0.25, 0.3) is 0 Å². The van der Waals surface area contributed by atoms with Gasteiger partial charge in [-0.2, -0.15) is 0 Å². The van der Waals surface area contributed by atoms with Crippen molar-refractivity contribution in [1.82, 2.24) is 9.62 Å². The quantitative estimate of drug-likeness (QED) is 0.370. The molecule has 10 heteroatoms. The zero-order valence-electron chi connectivity index (χ0n) is 22.2. The number of fused-ring (bicyclic) bond motifs is 1. The molecule has 0 spiro atoms. The molecule has 1 heterocycles. The highest BCUT2D eigenvalue weighted by Crippen LogP contribution is 2.47. The SMILES string of the molecule is CC(C)S(=O)(=O)NC1CC2CC2N(C(=O)OCc2ccccc2)C1Cc1cccc(-c2cc(F)cc(F)c2)c1F. The molecule has 1 saturated carbocycles. The van der Waals surface area contributed by atoms with Crippen LogP contribution in [0.25, 0.3) is 11.1 Å². The maximum absolute atomic E-state index is 15.9. The second-order valence-electron chi connectivity index (χ2n) is 10.8. The Morgan fingerprint density at radius 3 is 2.38 bits per heavy atom. The first-order chi connectivity index (χ1) is 19.0. The predicted molar refractivity (Wildman–Crippen MR) is 145 cm³/mol. The van der Waals surface area contributed by atoms with Crippen LogP contribution in [0.3, 0.4) is 0 Å². The molecular weight excluding hydrogens is 541 g/mol. The van der Waals surface area contributed by atoms with Crippen LogP contribution in [-0.4, -0.2) is 42.8 Å². The first-order valence-electron chi connectivity index (χ1n) is 13.3. The Kier molecular flexibility index (Phi) is 7.92. The number of rotatable bonds is 8. The van der Waals surface area contributed by atoms with Gasteiger partial charge < -0.3 is 9.64 Å². The van der Waals surface area contributed by atoms with Crippen LogP contribution in [0, 0.1) is 23.4 Å². The summed E-state index contributed by atoms with van der Waals surface area (Å²) in [6, 6.07) is 15.0. The van der Waals surface area contributed by atoms with Crippen molar-refractivity contribution in [3.63, 3.8) is 0 Å². The molecule has 1 aliphatic carbocycles. The van der Waals surface area contributed by atoms with Gasteiger partial charge in [-0.1, -0.05) is 48.5 Å². The Labute approximate surface area is 232 Å². The fraction of sp³-hybridized carbons (Fsp3) is 0.367. The average molecular weight is 573 g/mol. The molecule has 40 heavy (non-hydrogen) atoms. The lowest BCUT2D eigenvalue weighted by Crippen LogP contribution is -2.59. The summed E-state index contributed by atoms with van der Waals surface area (Å²) in [5.74, 6) is -2.25. The van der Waals surface area contributed by atoms with Crippen molar-refractivity contribution in [2.45, 2.75) is 63.1 Å². The molecule has 4 unspecified atom stereocenters. The van der Waals surface area contributed by atoms with E-state index in [9.17, 15) is 22.0 Å². The summed E-state index contributed by atoms with van der Waals surface area (Å²) < 4.78 is 77.8. The number of hydrogen-bond donors (Lipinski definition) is 1. The Hall–Kier alpha value is -3.37. The third-order valence-electron chi connectivity index (χ3n) is 7.65. The molecular formula is C30H31F3N2O4S. The van der Waals surface area contributed by atoms with Crippen LogP contribution in [-0.2, 0) is 27.8 Å². The second-order valence-corrected chi connectivity index (χ2v) is 13.0. The van der Waals surface area contributed by atoms with Crippen molar-refractivity contribution in [3.8, 4) is 11.1 Å². The number of likely N-dealkylation sites (tertiary alicyclic amines) is 1. The summed E-state index contributed by atoms with van der Waals surface area (Å²) in [6.45, 7) is 3.16. The molecule has 0 aromatic heterocycles. The van der Waals surface area contributed by atoms with Crippen LogP contribution in [0.2, 0.25) is 0 Å². The minimum atomic E-state index is -3.71. The van der Waals surface area contributed by atoms with E-state index in [1.807, 2.05) is 30.3 Å². The van der Waals surface area contributed by atoms with E-state index in [2.05, 4.69) is 4.72 Å². The molecule has 6 nitrogen and oxygen atoms in total. The molecule has 4 atom stereocenters. The minimum Gasteiger partial charge on any atom is -0.445 e. The number of sulfonamides is 1. The maximum Gasteiger partial charge on any atom is 0.410 e. The molecule has 2 aliphatic rings. The fourth-order valence-electron chi connectivity index (χ4n) is 5.42. The number of hydrogen-bond acceptors (Lipinski definition) is 4. The van der Waals surface area contributed by atoms with E-state index < -0.39 is 50.9 Å². The van der Waals surface area contributed by atoms with Gasteiger partial charge >= 0.3 is 6.09 Å². The summed E-state index contributed by atoms with van der Waals surface area (Å²) >= 11 is 0. The molecule has 5 rings (SSSR count). The van der Waals surface area contributed by atoms with Gasteiger partial charge in [-0.3, -0.25) is 0 Å². The standard InChI is InChI=1S/C30H31F3N2O4S/c1-18(2)40(37,38)34-26-13-22-15-27(22)35(30(36)39-17-19-7-4-3-5-8-19)28(26)14-20-9-6-10-25(29(20)33)21-11-23(31)16-24(32)12-21/h3-12,16,18,22,26-28,34H,13-15,17H2,1-2H3. The lowest BCUT2D eigenvalue weighted by molar-refractivity contribution is 0.0552. The number of ether oxygens (including phenoxy) is 1. The van der Waals surface area contributed by atoms with Gasteiger partial charge in [0, 0.05) is 23.7 Å². The van der Waals surface area contributed by atoms with Crippen LogP contribution < -0.4 is 4.72 Å². The van der Waals surface area contributed by atoms with Gasteiger partial charge in [-0.15, -0.1) is 0 Å². The molecule has 1 saturated heterocycles. The molecule has 2 fully saturated rings. The minimum absolute atomic E-state index is 0.00789. The predicted octanol–water partition coefficient (Wildman–Crippen LogP) is 5.81. The number of piperidine rings is 1. The summed E-state index contributed by atoms with van der Waals surface area (Å²) in [5, 5.41) is -0.702. The van der Waals surface area contributed by atoms with E-state index in [1.54, 1.807) is 24.8 Å². The van der Waals surface area contributed by atoms with Crippen LogP contribution >= 0.6 is 0 Å². The monoisotopic (exact) mass is 572 g/mol. The van der Waals surface area contributed by atoms with Crippen molar-refractivity contribution in [2.24, 2.45) is 5.92 Å². The highest BCUT2D eigenvalue weighted by Gasteiger charge is 2.55. The molecule has 1 N–H and O–H groups in total. The Bertz CT molecular complexity index is 1480. The van der Waals surface area contributed by atoms with E-state index in [-0.39, 0.29) is 41.7 Å². The van der Waals surface area contributed by atoms with Crippen molar-refractivity contribution < 1.29 is 31.1 Å². The van der Waals surface area contributed by atoms with Crippen molar-refractivity contribution in [2.75, 3.05) is 0 Å². The lowest BCUT2D eigenvalue weighted by atomic mass is 9.90. The van der Waals surface area contributed by atoms with E-state index in [4.69, 9.17) is 4.74 Å². The van der Waals surface area contributed by atoms with Gasteiger partial charge in [0.15, 0.2) is 0 Å². The van der Waals surface area contributed by atoms with Gasteiger partial charge in [-0.25, -0.2) is 31.1 Å². The average Bonchev–Trinajstić information content (AvgIpc) is 3.67. The van der Waals surface area contributed by atoms with E-state index in [0.717, 1.165) is 17.7 Å². The van der Waals surface area contributed by atoms with Crippen LogP contribution in [0.5, 0.6) is 0 Å². The van der Waals surface area contributed by atoms with Gasteiger partial charge in [0.05, 0.1) is 11.3 Å². The highest BCUT2D eigenvalue weighted by atomic mass is 32.2. The third-order valence-corrected chi connectivity index (χ3v) is 9.53. The van der Waals surface area contributed by atoms with E-state index >= 15 is 4.39 Å². The third kappa shape index (κ3) is 6.02. The van der Waals surface area contributed by atoms with Gasteiger partial charge in [-0.05, 0) is 67.9 Å². The fourth-order valence-corrected chi connectivity index (χ4v) is 6.37. The number of carbonyl (C=O) groups excluding carboxylic acids is 1.